The van der Waals surface area contributed by atoms with Crippen molar-refractivity contribution in [2.45, 2.75) is 19.3 Å². The second kappa shape index (κ2) is 11.4. The molecule has 1 saturated heterocycles. The molecule has 3 N–H and O–H groups in total. The summed E-state index contributed by atoms with van der Waals surface area (Å²) in [6.45, 7) is 2.44. The molecular formula is C18H28N4. The van der Waals surface area contributed by atoms with Gasteiger partial charge in [-0.2, -0.15) is 0 Å². The quantitative estimate of drug-likeness (QED) is 0.555. The van der Waals surface area contributed by atoms with Crippen LogP contribution in [-0.2, 0) is 0 Å². The zero-order valence-electron chi connectivity index (χ0n) is 13.7. The number of anilines is 2. The summed E-state index contributed by atoms with van der Waals surface area (Å²) in [5.74, 6) is 0. The van der Waals surface area contributed by atoms with Gasteiger partial charge in [0.25, 0.3) is 0 Å². The average Bonchev–Trinajstić information content (AvgIpc) is 3.10. The molecule has 4 nitrogen and oxygen atoms in total. The van der Waals surface area contributed by atoms with Crippen molar-refractivity contribution in [1.29, 1.82) is 5.41 Å². The molecule has 1 aliphatic rings. The molecule has 0 aromatic heterocycles. The summed E-state index contributed by atoms with van der Waals surface area (Å²) in [5, 5.41) is 12.6. The first-order valence-electron chi connectivity index (χ1n) is 7.82. The molecule has 0 unspecified atom stereocenters. The molecule has 0 aliphatic carbocycles. The Bertz CT molecular complexity index is 456. The number of benzene rings is 1. The smallest absolute Gasteiger partial charge is 0.0367 e. The fourth-order valence-electron chi connectivity index (χ4n) is 2.19. The highest BCUT2D eigenvalue weighted by atomic mass is 15.1. The van der Waals surface area contributed by atoms with E-state index in [1.54, 1.807) is 0 Å². The van der Waals surface area contributed by atoms with Crippen molar-refractivity contribution in [3.63, 3.8) is 0 Å². The first-order chi connectivity index (χ1) is 10.8. The van der Waals surface area contributed by atoms with Gasteiger partial charge in [-0.3, -0.25) is 0 Å². The van der Waals surface area contributed by atoms with Crippen LogP contribution < -0.4 is 15.5 Å². The standard InChI is InChI=1S/C11H16N2.C7H12N2/c1-12-10-4-6-11(7-5-10)13-8-2-3-9-13;1-9-7-5-3-2-4-6-8/h4-7,12H,2-3,8-9H2,1H3;2-3,5-9H,4H2,1H3/b;3-2-,7-5-,8-6?. The van der Waals surface area contributed by atoms with Crippen LogP contribution in [0.2, 0.25) is 0 Å². The molecule has 1 aromatic carbocycles. The van der Waals surface area contributed by atoms with Crippen LogP contribution in [0.4, 0.5) is 11.4 Å². The monoisotopic (exact) mass is 300 g/mol. The lowest BCUT2D eigenvalue weighted by atomic mass is 10.2. The van der Waals surface area contributed by atoms with E-state index in [-0.39, 0.29) is 0 Å². The van der Waals surface area contributed by atoms with Gasteiger partial charge in [-0.15, -0.1) is 0 Å². The van der Waals surface area contributed by atoms with Gasteiger partial charge in [0.05, 0.1) is 0 Å². The summed E-state index contributed by atoms with van der Waals surface area (Å²) >= 11 is 0. The Morgan fingerprint density at radius 1 is 1.09 bits per heavy atom. The van der Waals surface area contributed by atoms with E-state index in [1.807, 2.05) is 38.5 Å². The van der Waals surface area contributed by atoms with Gasteiger partial charge in [-0.05, 0) is 55.6 Å². The van der Waals surface area contributed by atoms with Gasteiger partial charge in [0.15, 0.2) is 0 Å². The normalized spacial score (nSPS) is 14.0. The fraction of sp³-hybridized carbons (Fsp3) is 0.389. The van der Waals surface area contributed by atoms with Gasteiger partial charge in [0, 0.05) is 45.0 Å². The van der Waals surface area contributed by atoms with Crippen LogP contribution in [0.1, 0.15) is 19.3 Å². The first kappa shape index (κ1) is 17.8. The lowest BCUT2D eigenvalue weighted by Gasteiger charge is -2.17. The zero-order chi connectivity index (χ0) is 16.0. The van der Waals surface area contributed by atoms with Gasteiger partial charge >= 0.3 is 0 Å². The molecule has 22 heavy (non-hydrogen) atoms. The van der Waals surface area contributed by atoms with E-state index in [0.717, 1.165) is 0 Å². The van der Waals surface area contributed by atoms with Crippen molar-refractivity contribution in [2.75, 3.05) is 37.4 Å². The van der Waals surface area contributed by atoms with Crippen molar-refractivity contribution < 1.29 is 0 Å². The number of nitrogens with zero attached hydrogens (tertiary/aromatic N) is 1. The average molecular weight is 300 g/mol. The number of hydrogen-bond donors (Lipinski definition) is 3. The molecule has 120 valence electrons. The third-order valence-electron chi connectivity index (χ3n) is 3.39. The van der Waals surface area contributed by atoms with Crippen LogP contribution in [0.15, 0.2) is 48.7 Å². The minimum Gasteiger partial charge on any atom is -0.394 e. The number of nitrogens with one attached hydrogen (secondary N) is 3. The third kappa shape index (κ3) is 6.97. The van der Waals surface area contributed by atoms with E-state index in [4.69, 9.17) is 5.41 Å². The highest BCUT2D eigenvalue weighted by Crippen LogP contribution is 2.21. The fourth-order valence-corrected chi connectivity index (χ4v) is 2.19. The number of rotatable bonds is 6. The highest BCUT2D eigenvalue weighted by Gasteiger charge is 2.11. The van der Waals surface area contributed by atoms with Crippen LogP contribution in [-0.4, -0.2) is 33.4 Å². The van der Waals surface area contributed by atoms with E-state index in [9.17, 15) is 0 Å². The molecule has 1 heterocycles. The summed E-state index contributed by atoms with van der Waals surface area (Å²) in [6.07, 6.45) is 12.3. The largest absolute Gasteiger partial charge is 0.394 e. The molecule has 0 bridgehead atoms. The minimum atomic E-state index is 0.716. The lowest BCUT2D eigenvalue weighted by Crippen LogP contribution is -2.17. The Morgan fingerprint density at radius 3 is 2.32 bits per heavy atom. The second-order valence-electron chi connectivity index (χ2n) is 5.01. The maximum absolute atomic E-state index is 6.67. The van der Waals surface area contributed by atoms with E-state index < -0.39 is 0 Å². The van der Waals surface area contributed by atoms with E-state index >= 15 is 0 Å². The third-order valence-corrected chi connectivity index (χ3v) is 3.39. The summed E-state index contributed by atoms with van der Waals surface area (Å²) < 4.78 is 0. The SMILES string of the molecule is CN/C=C\C=C/CC=N.CNc1ccc(N2CCCC2)cc1. The van der Waals surface area contributed by atoms with Crippen LogP contribution in [0.3, 0.4) is 0 Å². The lowest BCUT2D eigenvalue weighted by molar-refractivity contribution is 0.949. The summed E-state index contributed by atoms with van der Waals surface area (Å²) in [6, 6.07) is 8.65. The van der Waals surface area contributed by atoms with Gasteiger partial charge in [-0.25, -0.2) is 0 Å². The molecule has 0 saturated carbocycles. The van der Waals surface area contributed by atoms with Crippen molar-refractivity contribution in [1.82, 2.24) is 5.32 Å². The Hall–Kier alpha value is -2.23. The van der Waals surface area contributed by atoms with E-state index in [0.29, 0.717) is 6.42 Å². The molecule has 0 amide bonds. The van der Waals surface area contributed by atoms with Gasteiger partial charge < -0.3 is 20.9 Å². The molecule has 2 rings (SSSR count). The van der Waals surface area contributed by atoms with Gasteiger partial charge in [-0.1, -0.05) is 12.2 Å². The molecule has 0 atom stereocenters. The van der Waals surface area contributed by atoms with E-state index in [1.165, 1.54) is 43.5 Å². The van der Waals surface area contributed by atoms with Crippen LogP contribution in [0.5, 0.6) is 0 Å². The Labute approximate surface area is 134 Å². The summed E-state index contributed by atoms with van der Waals surface area (Å²) in [7, 11) is 3.80. The number of hydrogen-bond acceptors (Lipinski definition) is 4. The number of allylic oxidation sites excluding steroid dienone is 3. The van der Waals surface area contributed by atoms with Crippen LogP contribution in [0.25, 0.3) is 0 Å². The van der Waals surface area contributed by atoms with Gasteiger partial charge in [0.1, 0.15) is 0 Å². The van der Waals surface area contributed by atoms with Gasteiger partial charge in [0.2, 0.25) is 0 Å². The maximum atomic E-state index is 6.67. The molecule has 4 heteroatoms. The second-order valence-corrected chi connectivity index (χ2v) is 5.01. The molecule has 1 aromatic rings. The topological polar surface area (TPSA) is 51.2 Å². The Kier molecular flexibility index (Phi) is 9.26. The maximum Gasteiger partial charge on any atom is 0.0367 e. The summed E-state index contributed by atoms with van der Waals surface area (Å²) in [5.41, 5.74) is 2.54. The predicted octanol–water partition coefficient (Wildman–Crippen LogP) is 3.64. The van der Waals surface area contributed by atoms with E-state index in [2.05, 4.69) is 39.8 Å². The molecule has 0 spiro atoms. The van der Waals surface area contributed by atoms with Crippen molar-refractivity contribution in [3.8, 4) is 0 Å². The minimum absolute atomic E-state index is 0.716. The molecule has 1 fully saturated rings. The molecule has 0 radical (unpaired) electrons. The van der Waals surface area contributed by atoms with Crippen LogP contribution >= 0.6 is 0 Å². The summed E-state index contributed by atoms with van der Waals surface area (Å²) in [4.78, 5) is 2.44. The zero-order valence-corrected chi connectivity index (χ0v) is 13.7. The Morgan fingerprint density at radius 2 is 1.77 bits per heavy atom. The highest BCUT2D eigenvalue weighted by molar-refractivity contribution is 5.55. The molecular weight excluding hydrogens is 272 g/mol. The van der Waals surface area contributed by atoms with Crippen molar-refractivity contribution >= 4 is 17.6 Å². The van der Waals surface area contributed by atoms with Crippen LogP contribution in [0, 0.1) is 5.41 Å². The van der Waals surface area contributed by atoms with Crippen molar-refractivity contribution in [2.24, 2.45) is 0 Å². The first-order valence-corrected chi connectivity index (χ1v) is 7.82. The van der Waals surface area contributed by atoms with Crippen molar-refractivity contribution in [3.05, 3.63) is 48.7 Å². The Balaban J connectivity index is 0.000000239. The molecule has 1 aliphatic heterocycles. The predicted molar refractivity (Wildman–Crippen MR) is 98.2 cm³/mol.